The van der Waals surface area contributed by atoms with Crippen LogP contribution < -0.4 is 0 Å². The van der Waals surface area contributed by atoms with Crippen LogP contribution in [0.1, 0.15) is 57.8 Å². The van der Waals surface area contributed by atoms with Crippen molar-refractivity contribution in [1.29, 1.82) is 0 Å². The number of carbonyl (C=O) groups is 1. The first-order valence-corrected chi connectivity index (χ1v) is 7.83. The lowest BCUT2D eigenvalue weighted by Crippen LogP contribution is -2.62. The van der Waals surface area contributed by atoms with Crippen molar-refractivity contribution < 1.29 is 14.7 Å². The molecule has 0 aromatic heterocycles. The van der Waals surface area contributed by atoms with Crippen molar-refractivity contribution in [2.75, 3.05) is 13.2 Å². The number of rotatable bonds is 3. The van der Waals surface area contributed by atoms with Crippen molar-refractivity contribution >= 4 is 5.91 Å². The molecule has 1 spiro atoms. The third kappa shape index (κ3) is 2.65. The zero-order valence-electron chi connectivity index (χ0n) is 11.6. The van der Waals surface area contributed by atoms with Crippen LogP contribution in [0.5, 0.6) is 0 Å². The summed E-state index contributed by atoms with van der Waals surface area (Å²) in [5.41, 5.74) is -0.189. The maximum absolute atomic E-state index is 12.2. The molecule has 0 atom stereocenters. The molecule has 108 valence electrons. The van der Waals surface area contributed by atoms with Gasteiger partial charge in [-0.25, -0.2) is 5.06 Å². The van der Waals surface area contributed by atoms with E-state index in [4.69, 9.17) is 4.84 Å². The van der Waals surface area contributed by atoms with E-state index in [1.165, 1.54) is 32.1 Å². The molecule has 0 unspecified atom stereocenters. The summed E-state index contributed by atoms with van der Waals surface area (Å²) in [6.07, 6.45) is 9.46. The lowest BCUT2D eigenvalue weighted by atomic mass is 9.68. The minimum absolute atomic E-state index is 0.162. The Kier molecular flexibility index (Phi) is 3.81. The maximum Gasteiger partial charge on any atom is 0.254 e. The summed E-state index contributed by atoms with van der Waals surface area (Å²) in [5, 5.41) is 11.1. The molecule has 0 aromatic carbocycles. The molecule has 1 saturated heterocycles. The molecule has 1 heterocycles. The van der Waals surface area contributed by atoms with Gasteiger partial charge in [0.1, 0.15) is 0 Å². The molecule has 0 aromatic rings. The van der Waals surface area contributed by atoms with E-state index in [9.17, 15) is 9.90 Å². The summed E-state index contributed by atoms with van der Waals surface area (Å²) in [6.45, 7) is 1.45. The van der Waals surface area contributed by atoms with Crippen LogP contribution in [0, 0.1) is 11.3 Å². The summed E-state index contributed by atoms with van der Waals surface area (Å²) < 4.78 is 0. The number of β-lactam (4-membered cyclic amide) rings is 1. The summed E-state index contributed by atoms with van der Waals surface area (Å²) in [5.74, 6) is 0.807. The maximum atomic E-state index is 12.2. The standard InChI is InChI=1S/C15H25NO3/c17-13-6-8-15(9-7-13)11-16(14(15)18)19-10-12-4-2-1-3-5-12/h12-13,17H,1-11H2. The lowest BCUT2D eigenvalue weighted by molar-refractivity contribution is -0.248. The molecule has 3 aliphatic rings. The molecule has 4 heteroatoms. The van der Waals surface area contributed by atoms with E-state index in [0.29, 0.717) is 12.5 Å². The lowest BCUT2D eigenvalue weighted by Gasteiger charge is -2.50. The van der Waals surface area contributed by atoms with E-state index < -0.39 is 0 Å². The number of carbonyl (C=O) groups excluding carboxylic acids is 1. The Morgan fingerprint density at radius 1 is 1.16 bits per heavy atom. The molecule has 19 heavy (non-hydrogen) atoms. The molecule has 4 nitrogen and oxygen atoms in total. The second-order valence-electron chi connectivity index (χ2n) is 6.65. The predicted molar refractivity (Wildman–Crippen MR) is 71.1 cm³/mol. The van der Waals surface area contributed by atoms with Crippen molar-refractivity contribution in [3.63, 3.8) is 0 Å². The molecule has 1 amide bonds. The molecular weight excluding hydrogens is 242 g/mol. The van der Waals surface area contributed by atoms with Crippen molar-refractivity contribution in [1.82, 2.24) is 5.06 Å². The van der Waals surface area contributed by atoms with E-state index in [2.05, 4.69) is 0 Å². The van der Waals surface area contributed by atoms with E-state index in [0.717, 1.165) is 32.2 Å². The Morgan fingerprint density at radius 3 is 2.47 bits per heavy atom. The number of hydrogen-bond acceptors (Lipinski definition) is 3. The van der Waals surface area contributed by atoms with Gasteiger partial charge in [0.15, 0.2) is 0 Å². The Hall–Kier alpha value is -0.610. The summed E-state index contributed by atoms with van der Waals surface area (Å²) in [4.78, 5) is 17.9. The van der Waals surface area contributed by atoms with E-state index in [1.807, 2.05) is 0 Å². The fourth-order valence-electron chi connectivity index (χ4n) is 3.77. The largest absolute Gasteiger partial charge is 0.393 e. The summed E-state index contributed by atoms with van der Waals surface area (Å²) in [7, 11) is 0. The van der Waals surface area contributed by atoms with Crippen LogP contribution in [0.25, 0.3) is 0 Å². The first kappa shape index (κ1) is 13.4. The van der Waals surface area contributed by atoms with Crippen molar-refractivity contribution in [2.24, 2.45) is 11.3 Å². The van der Waals surface area contributed by atoms with Crippen molar-refractivity contribution in [3.8, 4) is 0 Å². The highest BCUT2D eigenvalue weighted by Crippen LogP contribution is 2.45. The van der Waals surface area contributed by atoms with Crippen LogP contribution in [-0.4, -0.2) is 35.3 Å². The second-order valence-corrected chi connectivity index (χ2v) is 6.65. The molecular formula is C15H25NO3. The topological polar surface area (TPSA) is 49.8 Å². The van der Waals surface area contributed by atoms with Crippen LogP contribution in [-0.2, 0) is 9.63 Å². The van der Waals surface area contributed by atoms with Gasteiger partial charge in [0, 0.05) is 0 Å². The molecule has 0 bridgehead atoms. The molecule has 1 N–H and O–H groups in total. The quantitative estimate of drug-likeness (QED) is 0.798. The second kappa shape index (κ2) is 5.41. The van der Waals surface area contributed by atoms with Gasteiger partial charge in [-0.15, -0.1) is 0 Å². The average molecular weight is 267 g/mol. The zero-order valence-corrected chi connectivity index (χ0v) is 11.6. The SMILES string of the molecule is O=C1N(OCC2CCCCC2)CC12CCC(O)CC2. The van der Waals surface area contributed by atoms with E-state index in [1.54, 1.807) is 5.06 Å². The Labute approximate surface area is 115 Å². The van der Waals surface area contributed by atoms with Crippen LogP contribution >= 0.6 is 0 Å². The minimum atomic E-state index is -0.198. The van der Waals surface area contributed by atoms with Gasteiger partial charge in [-0.2, -0.15) is 0 Å². The fraction of sp³-hybridized carbons (Fsp3) is 0.933. The highest BCUT2D eigenvalue weighted by Gasteiger charge is 2.54. The third-order valence-electron chi connectivity index (χ3n) is 5.23. The van der Waals surface area contributed by atoms with Gasteiger partial charge < -0.3 is 5.11 Å². The van der Waals surface area contributed by atoms with Gasteiger partial charge in [-0.05, 0) is 44.4 Å². The Bertz CT molecular complexity index is 330. The molecule has 2 aliphatic carbocycles. The average Bonchev–Trinajstić information content (AvgIpc) is 2.46. The number of hydrogen-bond donors (Lipinski definition) is 1. The number of hydroxylamine groups is 2. The summed E-state index contributed by atoms with van der Waals surface area (Å²) in [6, 6.07) is 0. The normalized spacial score (nSPS) is 36.6. The van der Waals surface area contributed by atoms with Gasteiger partial charge >= 0.3 is 0 Å². The van der Waals surface area contributed by atoms with Gasteiger partial charge in [0.25, 0.3) is 5.91 Å². The third-order valence-corrected chi connectivity index (χ3v) is 5.23. The molecule has 3 rings (SSSR count). The van der Waals surface area contributed by atoms with Gasteiger partial charge in [0.05, 0.1) is 24.7 Å². The molecule has 3 fully saturated rings. The van der Waals surface area contributed by atoms with Crippen LogP contribution in [0.3, 0.4) is 0 Å². The number of nitrogens with zero attached hydrogens (tertiary/aromatic N) is 1. The van der Waals surface area contributed by atoms with Crippen LogP contribution in [0.4, 0.5) is 0 Å². The minimum Gasteiger partial charge on any atom is -0.393 e. The first-order valence-electron chi connectivity index (χ1n) is 7.83. The number of aliphatic hydroxyl groups is 1. The molecule has 0 radical (unpaired) electrons. The smallest absolute Gasteiger partial charge is 0.254 e. The van der Waals surface area contributed by atoms with Gasteiger partial charge in [-0.1, -0.05) is 19.3 Å². The Balaban J connectivity index is 1.43. The van der Waals surface area contributed by atoms with Crippen LogP contribution in [0.15, 0.2) is 0 Å². The van der Waals surface area contributed by atoms with Crippen LogP contribution in [0.2, 0.25) is 0 Å². The fourth-order valence-corrected chi connectivity index (χ4v) is 3.77. The van der Waals surface area contributed by atoms with E-state index >= 15 is 0 Å². The highest BCUT2D eigenvalue weighted by atomic mass is 16.7. The predicted octanol–water partition coefficient (Wildman–Crippen LogP) is 2.26. The molecule has 2 saturated carbocycles. The van der Waals surface area contributed by atoms with Gasteiger partial charge in [-0.3, -0.25) is 9.63 Å². The number of amides is 1. The Morgan fingerprint density at radius 2 is 1.84 bits per heavy atom. The van der Waals surface area contributed by atoms with Crippen molar-refractivity contribution in [3.05, 3.63) is 0 Å². The van der Waals surface area contributed by atoms with Gasteiger partial charge in [0.2, 0.25) is 0 Å². The van der Waals surface area contributed by atoms with E-state index in [-0.39, 0.29) is 17.4 Å². The van der Waals surface area contributed by atoms with Crippen molar-refractivity contribution in [2.45, 2.75) is 63.9 Å². The highest BCUT2D eigenvalue weighted by molar-refractivity contribution is 5.87. The summed E-state index contributed by atoms with van der Waals surface area (Å²) >= 11 is 0. The monoisotopic (exact) mass is 267 g/mol. The zero-order chi connectivity index (χ0) is 13.3. The first-order chi connectivity index (χ1) is 9.20. The number of aliphatic hydroxyl groups excluding tert-OH is 1. The molecule has 1 aliphatic heterocycles.